The highest BCUT2D eigenvalue weighted by atomic mass is 35.5. The number of hydrogen-bond acceptors (Lipinski definition) is 3. The van der Waals surface area contributed by atoms with Crippen LogP contribution in [0.2, 0.25) is 10.0 Å². The first kappa shape index (κ1) is 17.8. The minimum absolute atomic E-state index is 0.0506. The molecular formula is C14H11Cl2F2NO3S. The van der Waals surface area contributed by atoms with Crippen molar-refractivity contribution in [2.75, 3.05) is 4.72 Å². The molecule has 0 radical (unpaired) electrons. The average Bonchev–Trinajstić information content (AvgIpc) is 2.43. The SMILES string of the molecule is Cc1ccc(NS(=O)(=O)c2cc(Cl)ccc2Cl)c(OC(F)F)c1. The van der Waals surface area contributed by atoms with Crippen LogP contribution in [0.3, 0.4) is 0 Å². The van der Waals surface area contributed by atoms with Crippen molar-refractivity contribution in [3.05, 3.63) is 52.0 Å². The summed E-state index contributed by atoms with van der Waals surface area (Å²) in [6, 6.07) is 8.08. The molecule has 2 aromatic rings. The predicted molar refractivity (Wildman–Crippen MR) is 85.1 cm³/mol. The van der Waals surface area contributed by atoms with Crippen LogP contribution in [-0.2, 0) is 10.0 Å². The summed E-state index contributed by atoms with van der Waals surface area (Å²) in [5.74, 6) is -0.290. The number of alkyl halides is 2. The molecule has 0 spiro atoms. The Morgan fingerprint density at radius 2 is 1.83 bits per heavy atom. The van der Waals surface area contributed by atoms with E-state index in [4.69, 9.17) is 23.2 Å². The summed E-state index contributed by atoms with van der Waals surface area (Å²) in [6.45, 7) is -1.43. The lowest BCUT2D eigenvalue weighted by atomic mass is 10.2. The number of nitrogens with one attached hydrogen (secondary N) is 1. The molecule has 23 heavy (non-hydrogen) atoms. The Bertz CT molecular complexity index is 829. The maximum Gasteiger partial charge on any atom is 0.387 e. The van der Waals surface area contributed by atoms with Gasteiger partial charge in [0.15, 0.2) is 0 Å². The smallest absolute Gasteiger partial charge is 0.387 e. The zero-order valence-corrected chi connectivity index (χ0v) is 14.0. The van der Waals surface area contributed by atoms with Crippen LogP contribution >= 0.6 is 23.2 Å². The van der Waals surface area contributed by atoms with Crippen molar-refractivity contribution >= 4 is 38.9 Å². The van der Waals surface area contributed by atoms with Gasteiger partial charge in [0.1, 0.15) is 10.6 Å². The van der Waals surface area contributed by atoms with Gasteiger partial charge in [0, 0.05) is 5.02 Å². The fourth-order valence-electron chi connectivity index (χ4n) is 1.79. The highest BCUT2D eigenvalue weighted by Gasteiger charge is 2.21. The van der Waals surface area contributed by atoms with Gasteiger partial charge in [-0.25, -0.2) is 8.42 Å². The fourth-order valence-corrected chi connectivity index (χ4v) is 3.62. The Morgan fingerprint density at radius 3 is 2.48 bits per heavy atom. The molecule has 4 nitrogen and oxygen atoms in total. The van der Waals surface area contributed by atoms with Gasteiger partial charge in [-0.2, -0.15) is 8.78 Å². The van der Waals surface area contributed by atoms with E-state index in [2.05, 4.69) is 9.46 Å². The average molecular weight is 382 g/mol. The standard InChI is InChI=1S/C14H11Cl2F2NO3S/c1-8-2-5-11(12(6-8)22-14(17)18)19-23(20,21)13-7-9(15)3-4-10(13)16/h2-7,14,19H,1H3. The molecule has 0 saturated heterocycles. The van der Waals surface area contributed by atoms with E-state index in [1.807, 2.05) is 0 Å². The molecule has 0 heterocycles. The first-order valence-corrected chi connectivity index (χ1v) is 8.46. The van der Waals surface area contributed by atoms with E-state index in [-0.39, 0.29) is 26.4 Å². The number of aryl methyl sites for hydroxylation is 1. The summed E-state index contributed by atoms with van der Waals surface area (Å²) in [5.41, 5.74) is 0.497. The second-order valence-corrected chi connectivity index (χ2v) is 7.05. The van der Waals surface area contributed by atoms with Crippen molar-refractivity contribution in [2.24, 2.45) is 0 Å². The van der Waals surface area contributed by atoms with Crippen LogP contribution in [0.25, 0.3) is 0 Å². The molecular weight excluding hydrogens is 371 g/mol. The monoisotopic (exact) mass is 381 g/mol. The molecule has 0 fully saturated rings. The lowest BCUT2D eigenvalue weighted by Crippen LogP contribution is -2.15. The first-order valence-electron chi connectivity index (χ1n) is 6.22. The van der Waals surface area contributed by atoms with Crippen molar-refractivity contribution in [1.29, 1.82) is 0 Å². The Kier molecular flexibility index (Phi) is 5.33. The van der Waals surface area contributed by atoms with Crippen molar-refractivity contribution in [3.8, 4) is 5.75 Å². The van der Waals surface area contributed by atoms with Gasteiger partial charge in [-0.05, 0) is 42.8 Å². The van der Waals surface area contributed by atoms with Crippen molar-refractivity contribution < 1.29 is 21.9 Å². The molecule has 0 saturated carbocycles. The Balaban J connectivity index is 2.43. The lowest BCUT2D eigenvalue weighted by molar-refractivity contribution is -0.0493. The topological polar surface area (TPSA) is 55.4 Å². The molecule has 9 heteroatoms. The number of halogens is 4. The molecule has 0 atom stereocenters. The Labute approximate surface area is 142 Å². The second kappa shape index (κ2) is 6.90. The molecule has 2 rings (SSSR count). The van der Waals surface area contributed by atoms with E-state index in [1.165, 1.54) is 24.3 Å². The van der Waals surface area contributed by atoms with Crippen molar-refractivity contribution in [3.63, 3.8) is 0 Å². The third kappa shape index (κ3) is 4.46. The van der Waals surface area contributed by atoms with Crippen LogP contribution in [0.15, 0.2) is 41.3 Å². The maximum absolute atomic E-state index is 12.5. The third-order valence-electron chi connectivity index (χ3n) is 2.78. The molecule has 0 bridgehead atoms. The zero-order valence-electron chi connectivity index (χ0n) is 11.7. The van der Waals surface area contributed by atoms with Crippen molar-refractivity contribution in [2.45, 2.75) is 18.4 Å². The summed E-state index contributed by atoms with van der Waals surface area (Å²) in [7, 11) is -4.13. The highest BCUT2D eigenvalue weighted by Crippen LogP contribution is 2.32. The van der Waals surface area contributed by atoms with E-state index in [1.54, 1.807) is 13.0 Å². The predicted octanol–water partition coefficient (Wildman–Crippen LogP) is 4.70. The van der Waals surface area contributed by atoms with Gasteiger partial charge in [0.2, 0.25) is 0 Å². The first-order chi connectivity index (χ1) is 10.7. The quantitative estimate of drug-likeness (QED) is 0.815. The molecule has 1 N–H and O–H groups in total. The minimum Gasteiger partial charge on any atom is -0.433 e. The number of anilines is 1. The Morgan fingerprint density at radius 1 is 1.13 bits per heavy atom. The van der Waals surface area contributed by atoms with Crippen LogP contribution in [0.5, 0.6) is 5.75 Å². The number of rotatable bonds is 5. The maximum atomic E-state index is 12.5. The number of sulfonamides is 1. The number of hydrogen-bond donors (Lipinski definition) is 1. The lowest BCUT2D eigenvalue weighted by Gasteiger charge is -2.14. The van der Waals surface area contributed by atoms with Gasteiger partial charge < -0.3 is 4.74 Å². The summed E-state index contributed by atoms with van der Waals surface area (Å²) < 4.78 is 56.3. The van der Waals surface area contributed by atoms with Gasteiger partial charge in [-0.3, -0.25) is 4.72 Å². The largest absolute Gasteiger partial charge is 0.433 e. The van der Waals surface area contributed by atoms with Crippen LogP contribution in [0.4, 0.5) is 14.5 Å². The van der Waals surface area contributed by atoms with Gasteiger partial charge in [0.05, 0.1) is 10.7 Å². The molecule has 0 aliphatic heterocycles. The normalized spacial score (nSPS) is 11.6. The van der Waals surface area contributed by atoms with E-state index in [0.717, 1.165) is 6.07 Å². The van der Waals surface area contributed by atoms with Gasteiger partial charge in [-0.1, -0.05) is 29.3 Å². The van der Waals surface area contributed by atoms with Crippen LogP contribution in [0, 0.1) is 6.92 Å². The summed E-state index contributed by atoms with van der Waals surface area (Å²) >= 11 is 11.6. The van der Waals surface area contributed by atoms with Crippen LogP contribution in [-0.4, -0.2) is 15.0 Å². The number of benzene rings is 2. The molecule has 2 aromatic carbocycles. The van der Waals surface area contributed by atoms with Gasteiger partial charge >= 0.3 is 6.61 Å². The summed E-state index contributed by atoms with van der Waals surface area (Å²) in [4.78, 5) is -0.268. The van der Waals surface area contributed by atoms with E-state index < -0.39 is 16.6 Å². The van der Waals surface area contributed by atoms with E-state index >= 15 is 0 Å². The van der Waals surface area contributed by atoms with E-state index in [0.29, 0.717) is 5.56 Å². The third-order valence-corrected chi connectivity index (χ3v) is 4.86. The van der Waals surface area contributed by atoms with Crippen LogP contribution < -0.4 is 9.46 Å². The zero-order chi connectivity index (χ0) is 17.2. The van der Waals surface area contributed by atoms with Crippen molar-refractivity contribution in [1.82, 2.24) is 0 Å². The molecule has 0 unspecified atom stereocenters. The molecule has 0 aliphatic carbocycles. The summed E-state index contributed by atoms with van der Waals surface area (Å²) in [6.07, 6.45) is 0. The van der Waals surface area contributed by atoms with Gasteiger partial charge in [-0.15, -0.1) is 0 Å². The minimum atomic E-state index is -4.13. The molecule has 0 amide bonds. The fraction of sp³-hybridized carbons (Fsp3) is 0.143. The summed E-state index contributed by atoms with van der Waals surface area (Å²) in [5, 5.41) is 0.119. The Hall–Kier alpha value is -1.57. The molecule has 0 aromatic heterocycles. The van der Waals surface area contributed by atoms with Gasteiger partial charge in [0.25, 0.3) is 10.0 Å². The molecule has 0 aliphatic rings. The number of ether oxygens (including phenoxy) is 1. The molecule has 124 valence electrons. The van der Waals surface area contributed by atoms with Crippen LogP contribution in [0.1, 0.15) is 5.56 Å². The highest BCUT2D eigenvalue weighted by molar-refractivity contribution is 7.92. The van der Waals surface area contributed by atoms with E-state index in [9.17, 15) is 17.2 Å². The second-order valence-electron chi connectivity index (χ2n) is 4.56.